The maximum absolute atomic E-state index is 12.5. The summed E-state index contributed by atoms with van der Waals surface area (Å²) in [6.07, 6.45) is -3.41. The van der Waals surface area contributed by atoms with Crippen molar-refractivity contribution >= 4 is 28.8 Å². The largest absolute Gasteiger partial charge is 0.416 e. The van der Waals surface area contributed by atoms with Crippen LogP contribution >= 0.6 is 23.2 Å². The first kappa shape index (κ1) is 12.4. The Morgan fingerprint density at radius 3 is 1.93 bits per heavy atom. The van der Waals surface area contributed by atoms with Gasteiger partial charge in [0.2, 0.25) is 0 Å². The molecule has 1 aromatic rings. The van der Waals surface area contributed by atoms with Crippen molar-refractivity contribution in [3.05, 3.63) is 39.9 Å². The molecule has 5 heteroatoms. The molecule has 0 unspecified atom stereocenters. The Kier molecular flexibility index (Phi) is 3.68. The number of halogens is 5. The van der Waals surface area contributed by atoms with Crippen LogP contribution < -0.4 is 0 Å². The second kappa shape index (κ2) is 4.45. The number of hydrogen-bond acceptors (Lipinski definition) is 0. The summed E-state index contributed by atoms with van der Waals surface area (Å²) in [6, 6.07) is 3.85. The van der Waals surface area contributed by atoms with Crippen LogP contribution in [-0.2, 0) is 0 Å². The lowest BCUT2D eigenvalue weighted by Gasteiger charge is -2.12. The normalized spacial score (nSPS) is 13.1. The van der Waals surface area contributed by atoms with Gasteiger partial charge in [-0.3, -0.25) is 0 Å². The lowest BCUT2D eigenvalue weighted by Crippen LogP contribution is -2.10. The van der Waals surface area contributed by atoms with Gasteiger partial charge in [0.25, 0.3) is 0 Å². The molecular formula is C10H7Cl2F3. The van der Waals surface area contributed by atoms with Crippen LogP contribution in [0.25, 0.3) is 5.57 Å². The smallest absolute Gasteiger partial charge is 0.166 e. The zero-order valence-corrected chi connectivity index (χ0v) is 9.21. The van der Waals surface area contributed by atoms with Crippen molar-refractivity contribution in [2.24, 2.45) is 0 Å². The molecule has 0 saturated heterocycles. The lowest BCUT2D eigenvalue weighted by atomic mass is 10.1. The summed E-state index contributed by atoms with van der Waals surface area (Å²) in [5.74, 6) is 0. The predicted octanol–water partition coefficient (Wildman–Crippen LogP) is 4.96. The molecule has 0 atom stereocenters. The standard InChI is InChI=1S/C10H7Cl2F3/c1-2-9(10(13,14)15)6-3-7(11)5-8(12)4-6/h2-5H,1H3/b9-2-. The zero-order chi connectivity index (χ0) is 11.6. The van der Waals surface area contributed by atoms with E-state index in [1.165, 1.54) is 25.1 Å². The van der Waals surface area contributed by atoms with Gasteiger partial charge in [0.1, 0.15) is 0 Å². The van der Waals surface area contributed by atoms with E-state index in [0.29, 0.717) is 0 Å². The quantitative estimate of drug-likeness (QED) is 0.665. The van der Waals surface area contributed by atoms with Crippen molar-refractivity contribution in [1.82, 2.24) is 0 Å². The summed E-state index contributed by atoms with van der Waals surface area (Å²) in [7, 11) is 0. The molecule has 82 valence electrons. The van der Waals surface area contributed by atoms with Crippen LogP contribution in [0.1, 0.15) is 12.5 Å². The second-order valence-electron chi connectivity index (χ2n) is 2.86. The molecule has 0 saturated carbocycles. The number of rotatable bonds is 1. The molecule has 0 heterocycles. The Balaban J connectivity index is 3.26. The van der Waals surface area contributed by atoms with E-state index in [2.05, 4.69) is 0 Å². The average Bonchev–Trinajstić information content (AvgIpc) is 1.99. The second-order valence-corrected chi connectivity index (χ2v) is 3.73. The Labute approximate surface area is 95.3 Å². The van der Waals surface area contributed by atoms with Gasteiger partial charge in [0.15, 0.2) is 0 Å². The van der Waals surface area contributed by atoms with E-state index in [4.69, 9.17) is 23.2 Å². The van der Waals surface area contributed by atoms with E-state index in [1.807, 2.05) is 0 Å². The Hall–Kier alpha value is -0.670. The van der Waals surface area contributed by atoms with Crippen molar-refractivity contribution in [3.63, 3.8) is 0 Å². The van der Waals surface area contributed by atoms with Crippen LogP contribution in [0.5, 0.6) is 0 Å². The fourth-order valence-electron chi connectivity index (χ4n) is 1.20. The first-order valence-corrected chi connectivity index (χ1v) is 4.80. The summed E-state index contributed by atoms with van der Waals surface area (Å²) in [6.45, 7) is 1.32. The monoisotopic (exact) mass is 254 g/mol. The number of alkyl halides is 3. The molecule has 0 fully saturated rings. The molecule has 15 heavy (non-hydrogen) atoms. The molecule has 0 amide bonds. The van der Waals surface area contributed by atoms with Crippen molar-refractivity contribution in [3.8, 4) is 0 Å². The van der Waals surface area contributed by atoms with E-state index >= 15 is 0 Å². The lowest BCUT2D eigenvalue weighted by molar-refractivity contribution is -0.0689. The summed E-state index contributed by atoms with van der Waals surface area (Å²) < 4.78 is 37.5. The van der Waals surface area contributed by atoms with Gasteiger partial charge in [0, 0.05) is 10.0 Å². The van der Waals surface area contributed by atoms with Gasteiger partial charge >= 0.3 is 6.18 Å². The van der Waals surface area contributed by atoms with Gasteiger partial charge in [-0.05, 0) is 30.7 Å². The minimum Gasteiger partial charge on any atom is -0.166 e. The van der Waals surface area contributed by atoms with Crippen LogP contribution in [0.4, 0.5) is 13.2 Å². The zero-order valence-electron chi connectivity index (χ0n) is 7.70. The average molecular weight is 255 g/mol. The third-order valence-corrected chi connectivity index (χ3v) is 2.20. The predicted molar refractivity (Wildman–Crippen MR) is 56.2 cm³/mol. The molecule has 1 aromatic carbocycles. The van der Waals surface area contributed by atoms with Crippen LogP contribution in [0.3, 0.4) is 0 Å². The molecule has 0 N–H and O–H groups in total. The van der Waals surface area contributed by atoms with Crippen molar-refractivity contribution in [2.75, 3.05) is 0 Å². The Morgan fingerprint density at radius 1 is 1.13 bits per heavy atom. The van der Waals surface area contributed by atoms with Crippen LogP contribution in [0, 0.1) is 0 Å². The Morgan fingerprint density at radius 2 is 1.60 bits per heavy atom. The molecule has 0 aliphatic heterocycles. The molecule has 0 spiro atoms. The van der Waals surface area contributed by atoms with Gasteiger partial charge in [-0.25, -0.2) is 0 Å². The minimum absolute atomic E-state index is 0.0255. The third-order valence-electron chi connectivity index (χ3n) is 1.77. The highest BCUT2D eigenvalue weighted by Gasteiger charge is 2.34. The molecule has 0 nitrogen and oxygen atoms in total. The van der Waals surface area contributed by atoms with Gasteiger partial charge < -0.3 is 0 Å². The molecule has 0 aliphatic rings. The molecule has 0 radical (unpaired) electrons. The fraction of sp³-hybridized carbons (Fsp3) is 0.200. The van der Waals surface area contributed by atoms with Gasteiger partial charge in [-0.15, -0.1) is 0 Å². The number of allylic oxidation sites excluding steroid dienone is 2. The van der Waals surface area contributed by atoms with E-state index in [-0.39, 0.29) is 15.6 Å². The van der Waals surface area contributed by atoms with Gasteiger partial charge in [0.05, 0.1) is 5.57 Å². The maximum Gasteiger partial charge on any atom is 0.416 e. The maximum atomic E-state index is 12.5. The summed E-state index contributed by atoms with van der Waals surface area (Å²) in [5.41, 5.74) is -0.769. The summed E-state index contributed by atoms with van der Waals surface area (Å²) in [5, 5.41) is 0.363. The molecule has 1 rings (SSSR count). The summed E-state index contributed by atoms with van der Waals surface area (Å²) >= 11 is 11.2. The van der Waals surface area contributed by atoms with E-state index in [9.17, 15) is 13.2 Å². The fourth-order valence-corrected chi connectivity index (χ4v) is 1.73. The topological polar surface area (TPSA) is 0 Å². The van der Waals surface area contributed by atoms with Gasteiger partial charge in [-0.2, -0.15) is 13.2 Å². The summed E-state index contributed by atoms with van der Waals surface area (Å²) in [4.78, 5) is 0. The first-order valence-electron chi connectivity index (χ1n) is 4.04. The van der Waals surface area contributed by atoms with Crippen molar-refractivity contribution in [1.29, 1.82) is 0 Å². The van der Waals surface area contributed by atoms with Crippen LogP contribution in [0.2, 0.25) is 10.0 Å². The van der Waals surface area contributed by atoms with Crippen LogP contribution in [-0.4, -0.2) is 6.18 Å². The Bertz CT molecular complexity index is 374. The highest BCUT2D eigenvalue weighted by molar-refractivity contribution is 6.34. The van der Waals surface area contributed by atoms with E-state index in [0.717, 1.165) is 6.08 Å². The first-order chi connectivity index (χ1) is 6.84. The SMILES string of the molecule is C/C=C(/c1cc(Cl)cc(Cl)c1)C(F)(F)F. The molecule has 0 aromatic heterocycles. The minimum atomic E-state index is -4.40. The highest BCUT2D eigenvalue weighted by atomic mass is 35.5. The van der Waals surface area contributed by atoms with Gasteiger partial charge in [-0.1, -0.05) is 29.3 Å². The van der Waals surface area contributed by atoms with E-state index < -0.39 is 11.7 Å². The molecule has 0 aliphatic carbocycles. The molecule has 0 bridgehead atoms. The third kappa shape index (κ3) is 3.14. The van der Waals surface area contributed by atoms with Crippen LogP contribution in [0.15, 0.2) is 24.3 Å². The van der Waals surface area contributed by atoms with E-state index in [1.54, 1.807) is 0 Å². The number of hydrogen-bond donors (Lipinski definition) is 0. The molecular weight excluding hydrogens is 248 g/mol. The highest BCUT2D eigenvalue weighted by Crippen LogP contribution is 2.35. The van der Waals surface area contributed by atoms with Crippen molar-refractivity contribution < 1.29 is 13.2 Å². The number of benzene rings is 1. The van der Waals surface area contributed by atoms with Crippen molar-refractivity contribution in [2.45, 2.75) is 13.1 Å².